The minimum Gasteiger partial charge on any atom is -0.488 e. The molecule has 1 N–H and O–H groups in total. The standard InChI is InChI=1S/C22H15Cl2FN2O3/c23-15-3-4-21(30-12-13-1-2-16(24)8-19(13)25)14(7-15)11-27-6-5-17-18(22(28)29)9-26-10-20(17)27/h1-10H,11-12H2,(H,28,29). The van der Waals surface area contributed by atoms with E-state index in [4.69, 9.17) is 27.9 Å². The summed E-state index contributed by atoms with van der Waals surface area (Å²) in [5.74, 6) is -0.942. The van der Waals surface area contributed by atoms with E-state index >= 15 is 0 Å². The van der Waals surface area contributed by atoms with Gasteiger partial charge in [0.25, 0.3) is 0 Å². The fourth-order valence-corrected chi connectivity index (χ4v) is 3.56. The van der Waals surface area contributed by atoms with Crippen LogP contribution in [0.5, 0.6) is 5.75 Å². The Morgan fingerprint density at radius 3 is 2.60 bits per heavy atom. The molecule has 2 aromatic heterocycles. The van der Waals surface area contributed by atoms with Gasteiger partial charge in [0.2, 0.25) is 0 Å². The van der Waals surface area contributed by atoms with Crippen LogP contribution in [0.2, 0.25) is 10.0 Å². The van der Waals surface area contributed by atoms with Crippen LogP contribution in [0.25, 0.3) is 10.9 Å². The summed E-state index contributed by atoms with van der Waals surface area (Å²) < 4.78 is 21.8. The number of benzene rings is 2. The number of carboxylic acid groups (broad SMARTS) is 1. The van der Waals surface area contributed by atoms with Crippen LogP contribution in [-0.2, 0) is 13.2 Å². The number of carbonyl (C=O) groups is 1. The Kier molecular flexibility index (Phi) is 5.61. The monoisotopic (exact) mass is 444 g/mol. The minimum absolute atomic E-state index is 0.0226. The van der Waals surface area contributed by atoms with Crippen molar-refractivity contribution in [3.05, 3.63) is 93.6 Å². The predicted molar refractivity (Wildman–Crippen MR) is 113 cm³/mol. The molecule has 0 aliphatic heterocycles. The molecule has 4 rings (SSSR count). The Hall–Kier alpha value is -3.09. The number of ether oxygens (including phenoxy) is 1. The Morgan fingerprint density at radius 2 is 1.83 bits per heavy atom. The maximum absolute atomic E-state index is 14.1. The summed E-state index contributed by atoms with van der Waals surface area (Å²) >= 11 is 12.0. The largest absolute Gasteiger partial charge is 0.488 e. The third-order valence-electron chi connectivity index (χ3n) is 4.69. The van der Waals surface area contributed by atoms with Crippen molar-refractivity contribution in [1.29, 1.82) is 0 Å². The van der Waals surface area contributed by atoms with Gasteiger partial charge in [-0.05, 0) is 36.4 Å². The van der Waals surface area contributed by atoms with Crippen LogP contribution < -0.4 is 4.74 Å². The lowest BCUT2D eigenvalue weighted by Gasteiger charge is -2.14. The van der Waals surface area contributed by atoms with Gasteiger partial charge in [-0.3, -0.25) is 4.98 Å². The van der Waals surface area contributed by atoms with Gasteiger partial charge in [-0.2, -0.15) is 0 Å². The molecule has 2 aromatic carbocycles. The fourth-order valence-electron chi connectivity index (χ4n) is 3.21. The zero-order valence-corrected chi connectivity index (χ0v) is 17.0. The highest BCUT2D eigenvalue weighted by atomic mass is 35.5. The number of pyridine rings is 1. The number of nitrogens with zero attached hydrogens (tertiary/aromatic N) is 2. The summed E-state index contributed by atoms with van der Waals surface area (Å²) in [6.45, 7) is 0.391. The first-order valence-electron chi connectivity index (χ1n) is 8.93. The van der Waals surface area contributed by atoms with Crippen molar-refractivity contribution in [1.82, 2.24) is 9.55 Å². The summed E-state index contributed by atoms with van der Waals surface area (Å²) in [5, 5.41) is 10.8. The zero-order valence-electron chi connectivity index (χ0n) is 15.5. The van der Waals surface area contributed by atoms with Crippen molar-refractivity contribution >= 4 is 40.1 Å². The third kappa shape index (κ3) is 4.10. The van der Waals surface area contributed by atoms with E-state index in [1.54, 1.807) is 48.8 Å². The number of carboxylic acids is 1. The summed E-state index contributed by atoms with van der Waals surface area (Å²) in [6, 6.07) is 11.3. The molecule has 30 heavy (non-hydrogen) atoms. The van der Waals surface area contributed by atoms with Gasteiger partial charge in [0.1, 0.15) is 18.2 Å². The molecule has 0 atom stereocenters. The number of aromatic nitrogens is 2. The van der Waals surface area contributed by atoms with E-state index in [0.717, 1.165) is 5.56 Å². The highest BCUT2D eigenvalue weighted by Gasteiger charge is 2.14. The van der Waals surface area contributed by atoms with Gasteiger partial charge in [0.05, 0.1) is 23.8 Å². The molecule has 0 bridgehead atoms. The quantitative estimate of drug-likeness (QED) is 0.407. The Balaban J connectivity index is 1.64. The lowest BCUT2D eigenvalue weighted by Crippen LogP contribution is -2.05. The van der Waals surface area contributed by atoms with Gasteiger partial charge in [-0.25, -0.2) is 9.18 Å². The molecular formula is C22H15Cl2FN2O3. The fraction of sp³-hybridized carbons (Fsp3) is 0.0909. The van der Waals surface area contributed by atoms with Crippen LogP contribution in [-0.4, -0.2) is 20.6 Å². The molecule has 4 aromatic rings. The summed E-state index contributed by atoms with van der Waals surface area (Å²) in [4.78, 5) is 15.5. The van der Waals surface area contributed by atoms with Crippen molar-refractivity contribution in [3.63, 3.8) is 0 Å². The number of hydrogen-bond acceptors (Lipinski definition) is 3. The minimum atomic E-state index is -1.04. The van der Waals surface area contributed by atoms with Gasteiger partial charge in [0.15, 0.2) is 0 Å². The number of rotatable bonds is 6. The second kappa shape index (κ2) is 8.34. The van der Waals surface area contributed by atoms with E-state index in [0.29, 0.717) is 38.8 Å². The topological polar surface area (TPSA) is 64.3 Å². The van der Waals surface area contributed by atoms with E-state index in [1.807, 2.05) is 4.57 Å². The molecule has 2 heterocycles. The molecule has 0 saturated heterocycles. The van der Waals surface area contributed by atoms with Gasteiger partial charge < -0.3 is 14.4 Å². The SMILES string of the molecule is O=C(O)c1cncc2c1ccn2Cc1cc(Cl)ccc1OCc1ccc(Cl)cc1F. The van der Waals surface area contributed by atoms with Gasteiger partial charge in [-0.15, -0.1) is 0 Å². The lowest BCUT2D eigenvalue weighted by molar-refractivity contribution is 0.0698. The highest BCUT2D eigenvalue weighted by Crippen LogP contribution is 2.28. The Labute approximate surface area is 181 Å². The summed E-state index contributed by atoms with van der Waals surface area (Å²) in [5.41, 5.74) is 1.94. The lowest BCUT2D eigenvalue weighted by atomic mass is 10.1. The highest BCUT2D eigenvalue weighted by molar-refractivity contribution is 6.30. The van der Waals surface area contributed by atoms with Crippen molar-refractivity contribution in [2.24, 2.45) is 0 Å². The van der Waals surface area contributed by atoms with Crippen LogP contribution in [0.3, 0.4) is 0 Å². The van der Waals surface area contributed by atoms with E-state index in [2.05, 4.69) is 4.98 Å². The smallest absolute Gasteiger partial charge is 0.337 e. The van der Waals surface area contributed by atoms with Crippen LogP contribution in [0.1, 0.15) is 21.5 Å². The second-order valence-corrected chi connectivity index (χ2v) is 7.52. The molecule has 0 amide bonds. The molecule has 8 heteroatoms. The summed E-state index contributed by atoms with van der Waals surface area (Å²) in [6.07, 6.45) is 4.71. The van der Waals surface area contributed by atoms with E-state index < -0.39 is 11.8 Å². The number of aromatic carboxylic acids is 1. The van der Waals surface area contributed by atoms with Crippen LogP contribution in [0, 0.1) is 5.82 Å². The van der Waals surface area contributed by atoms with Gasteiger partial charge in [0, 0.05) is 39.0 Å². The second-order valence-electron chi connectivity index (χ2n) is 6.65. The van der Waals surface area contributed by atoms with Crippen molar-refractivity contribution in [2.45, 2.75) is 13.2 Å². The molecule has 0 radical (unpaired) electrons. The average molecular weight is 445 g/mol. The molecule has 0 unspecified atom stereocenters. The summed E-state index contributed by atoms with van der Waals surface area (Å²) in [7, 11) is 0. The van der Waals surface area contributed by atoms with Gasteiger partial charge in [-0.1, -0.05) is 29.3 Å². The van der Waals surface area contributed by atoms with Crippen LogP contribution >= 0.6 is 23.2 Å². The number of halogens is 3. The Morgan fingerprint density at radius 1 is 1.07 bits per heavy atom. The molecule has 0 spiro atoms. The van der Waals surface area contributed by atoms with E-state index in [1.165, 1.54) is 12.3 Å². The average Bonchev–Trinajstić information content (AvgIpc) is 3.11. The van der Waals surface area contributed by atoms with Crippen molar-refractivity contribution < 1.29 is 19.0 Å². The van der Waals surface area contributed by atoms with Crippen molar-refractivity contribution in [3.8, 4) is 5.75 Å². The first-order valence-corrected chi connectivity index (χ1v) is 9.69. The molecule has 5 nitrogen and oxygen atoms in total. The molecule has 0 aliphatic rings. The van der Waals surface area contributed by atoms with Crippen LogP contribution in [0.4, 0.5) is 4.39 Å². The molecule has 152 valence electrons. The maximum Gasteiger partial charge on any atom is 0.337 e. The normalized spacial score (nSPS) is 11.0. The van der Waals surface area contributed by atoms with Crippen LogP contribution in [0.15, 0.2) is 61.1 Å². The molecule has 0 saturated carbocycles. The first-order chi connectivity index (χ1) is 14.4. The third-order valence-corrected chi connectivity index (χ3v) is 5.16. The first kappa shape index (κ1) is 20.2. The molecule has 0 fully saturated rings. The Bertz CT molecular complexity index is 1260. The van der Waals surface area contributed by atoms with E-state index in [-0.39, 0.29) is 12.2 Å². The number of fused-ring (bicyclic) bond motifs is 1. The maximum atomic E-state index is 14.1. The molecular weight excluding hydrogens is 430 g/mol. The van der Waals surface area contributed by atoms with Crippen molar-refractivity contribution in [2.75, 3.05) is 0 Å². The number of hydrogen-bond donors (Lipinski definition) is 1. The molecule has 0 aliphatic carbocycles. The zero-order chi connectivity index (χ0) is 21.3. The predicted octanol–water partition coefficient (Wildman–Crippen LogP) is 5.81. The van der Waals surface area contributed by atoms with Gasteiger partial charge >= 0.3 is 5.97 Å². The van der Waals surface area contributed by atoms with E-state index in [9.17, 15) is 14.3 Å².